The molecular formula is C10H14OS. The molecule has 0 spiro atoms. The molecule has 0 aliphatic rings. The summed E-state index contributed by atoms with van der Waals surface area (Å²) in [4.78, 5) is 0. The SMILES string of the molecule is C[C@H](O)C[C@@H](S)c1ccccc1. The Bertz CT molecular complexity index is 221. The molecule has 0 aliphatic heterocycles. The van der Waals surface area contributed by atoms with Crippen LogP contribution in [0.25, 0.3) is 0 Å². The molecule has 0 saturated carbocycles. The van der Waals surface area contributed by atoms with Gasteiger partial charge >= 0.3 is 0 Å². The average molecular weight is 182 g/mol. The average Bonchev–Trinajstić information content (AvgIpc) is 2.05. The monoisotopic (exact) mass is 182 g/mol. The van der Waals surface area contributed by atoms with Gasteiger partial charge in [0, 0.05) is 5.25 Å². The molecule has 12 heavy (non-hydrogen) atoms. The van der Waals surface area contributed by atoms with Gasteiger partial charge in [0.05, 0.1) is 6.10 Å². The molecule has 0 heterocycles. The molecule has 0 radical (unpaired) electrons. The highest BCUT2D eigenvalue weighted by Crippen LogP contribution is 2.24. The summed E-state index contributed by atoms with van der Waals surface area (Å²) >= 11 is 4.40. The van der Waals surface area contributed by atoms with Crippen LogP contribution in [0.2, 0.25) is 0 Å². The standard InChI is InChI=1S/C10H14OS/c1-8(11)7-10(12)9-5-3-2-4-6-9/h2-6,8,10-12H,7H2,1H3/t8-,10+/m0/s1. The van der Waals surface area contributed by atoms with E-state index in [-0.39, 0.29) is 11.4 Å². The van der Waals surface area contributed by atoms with Crippen molar-refractivity contribution in [3.63, 3.8) is 0 Å². The Balaban J connectivity index is 2.59. The van der Waals surface area contributed by atoms with Crippen LogP contribution in [0.1, 0.15) is 24.2 Å². The Kier molecular flexibility index (Phi) is 3.63. The summed E-state index contributed by atoms with van der Waals surface area (Å²) < 4.78 is 0. The summed E-state index contributed by atoms with van der Waals surface area (Å²) in [6.45, 7) is 1.78. The number of aliphatic hydroxyl groups excluding tert-OH is 1. The van der Waals surface area contributed by atoms with Crippen LogP contribution in [0.3, 0.4) is 0 Å². The third kappa shape index (κ3) is 2.88. The van der Waals surface area contributed by atoms with Gasteiger partial charge in [0.15, 0.2) is 0 Å². The van der Waals surface area contributed by atoms with Crippen molar-refractivity contribution in [3.05, 3.63) is 35.9 Å². The van der Waals surface area contributed by atoms with Crippen molar-refractivity contribution in [1.29, 1.82) is 0 Å². The molecular weight excluding hydrogens is 168 g/mol. The lowest BCUT2D eigenvalue weighted by atomic mass is 10.1. The van der Waals surface area contributed by atoms with E-state index in [9.17, 15) is 0 Å². The van der Waals surface area contributed by atoms with Gasteiger partial charge in [0.25, 0.3) is 0 Å². The second kappa shape index (κ2) is 4.53. The van der Waals surface area contributed by atoms with Gasteiger partial charge in [-0.25, -0.2) is 0 Å². The van der Waals surface area contributed by atoms with Crippen LogP contribution >= 0.6 is 12.6 Å². The first-order valence-electron chi connectivity index (χ1n) is 4.11. The van der Waals surface area contributed by atoms with Crippen molar-refractivity contribution in [2.24, 2.45) is 0 Å². The predicted octanol–water partition coefficient (Wildman–Crippen LogP) is 2.43. The minimum Gasteiger partial charge on any atom is -0.393 e. The van der Waals surface area contributed by atoms with Gasteiger partial charge < -0.3 is 5.11 Å². The lowest BCUT2D eigenvalue weighted by Crippen LogP contribution is -2.03. The van der Waals surface area contributed by atoms with Crippen molar-refractivity contribution >= 4 is 12.6 Å². The first-order chi connectivity index (χ1) is 5.70. The van der Waals surface area contributed by atoms with E-state index in [0.717, 1.165) is 0 Å². The van der Waals surface area contributed by atoms with Crippen LogP contribution in [-0.4, -0.2) is 11.2 Å². The normalized spacial score (nSPS) is 15.6. The molecule has 0 unspecified atom stereocenters. The maximum absolute atomic E-state index is 9.14. The fourth-order valence-electron chi connectivity index (χ4n) is 1.13. The van der Waals surface area contributed by atoms with E-state index in [1.54, 1.807) is 6.92 Å². The first-order valence-corrected chi connectivity index (χ1v) is 4.63. The minimum absolute atomic E-state index is 0.145. The fourth-order valence-corrected chi connectivity index (χ4v) is 1.61. The molecule has 1 rings (SSSR count). The van der Waals surface area contributed by atoms with Crippen molar-refractivity contribution in [1.82, 2.24) is 0 Å². The van der Waals surface area contributed by atoms with E-state index in [4.69, 9.17) is 5.11 Å². The quantitative estimate of drug-likeness (QED) is 0.688. The Morgan fingerprint density at radius 2 is 1.92 bits per heavy atom. The number of hydrogen-bond acceptors (Lipinski definition) is 2. The molecule has 0 fully saturated rings. The summed E-state index contributed by atoms with van der Waals surface area (Å²) in [5, 5.41) is 9.28. The molecule has 0 saturated heterocycles. The molecule has 0 amide bonds. The van der Waals surface area contributed by atoms with E-state index in [2.05, 4.69) is 12.6 Å². The highest BCUT2D eigenvalue weighted by Gasteiger charge is 2.08. The maximum atomic E-state index is 9.14. The van der Waals surface area contributed by atoms with Crippen molar-refractivity contribution in [2.75, 3.05) is 0 Å². The second-order valence-electron chi connectivity index (χ2n) is 3.01. The first kappa shape index (κ1) is 9.62. The molecule has 0 bridgehead atoms. The number of thiol groups is 1. The Labute approximate surface area is 78.8 Å². The zero-order valence-corrected chi connectivity index (χ0v) is 8.04. The van der Waals surface area contributed by atoms with Crippen LogP contribution in [0, 0.1) is 0 Å². The van der Waals surface area contributed by atoms with Crippen LogP contribution < -0.4 is 0 Å². The molecule has 66 valence electrons. The van der Waals surface area contributed by atoms with E-state index in [1.807, 2.05) is 30.3 Å². The van der Waals surface area contributed by atoms with Crippen LogP contribution in [0.15, 0.2) is 30.3 Å². The molecule has 1 aromatic rings. The summed E-state index contributed by atoms with van der Waals surface area (Å²) in [6.07, 6.45) is 0.417. The van der Waals surface area contributed by atoms with Crippen molar-refractivity contribution < 1.29 is 5.11 Å². The van der Waals surface area contributed by atoms with Gasteiger partial charge in [-0.1, -0.05) is 30.3 Å². The number of hydrogen-bond donors (Lipinski definition) is 2. The molecule has 0 aliphatic carbocycles. The smallest absolute Gasteiger partial charge is 0.0525 e. The van der Waals surface area contributed by atoms with E-state index in [1.165, 1.54) is 5.56 Å². The van der Waals surface area contributed by atoms with Gasteiger partial charge in [-0.15, -0.1) is 0 Å². The van der Waals surface area contributed by atoms with E-state index in [0.29, 0.717) is 6.42 Å². The number of benzene rings is 1. The van der Waals surface area contributed by atoms with Gasteiger partial charge in [-0.05, 0) is 18.9 Å². The van der Waals surface area contributed by atoms with Gasteiger partial charge in [0.2, 0.25) is 0 Å². The van der Waals surface area contributed by atoms with Gasteiger partial charge in [0.1, 0.15) is 0 Å². The summed E-state index contributed by atoms with van der Waals surface area (Å²) in [7, 11) is 0. The van der Waals surface area contributed by atoms with Crippen LogP contribution in [-0.2, 0) is 0 Å². The third-order valence-corrected chi connectivity index (χ3v) is 2.26. The van der Waals surface area contributed by atoms with Crippen LogP contribution in [0.4, 0.5) is 0 Å². The molecule has 2 atom stereocenters. The summed E-state index contributed by atoms with van der Waals surface area (Å²) in [6, 6.07) is 10.0. The second-order valence-corrected chi connectivity index (χ2v) is 3.63. The molecule has 1 N–H and O–H groups in total. The maximum Gasteiger partial charge on any atom is 0.0525 e. The van der Waals surface area contributed by atoms with Gasteiger partial charge in [-0.3, -0.25) is 0 Å². The highest BCUT2D eigenvalue weighted by molar-refractivity contribution is 7.80. The highest BCUT2D eigenvalue weighted by atomic mass is 32.1. The Morgan fingerprint density at radius 3 is 2.42 bits per heavy atom. The molecule has 1 aromatic carbocycles. The summed E-state index contributed by atoms with van der Waals surface area (Å²) in [5.41, 5.74) is 1.17. The zero-order valence-electron chi connectivity index (χ0n) is 7.14. The van der Waals surface area contributed by atoms with E-state index >= 15 is 0 Å². The lowest BCUT2D eigenvalue weighted by molar-refractivity contribution is 0.184. The van der Waals surface area contributed by atoms with Crippen LogP contribution in [0.5, 0.6) is 0 Å². The summed E-state index contributed by atoms with van der Waals surface area (Å²) in [5.74, 6) is 0. The largest absolute Gasteiger partial charge is 0.393 e. The third-order valence-electron chi connectivity index (χ3n) is 1.75. The number of rotatable bonds is 3. The molecule has 2 heteroatoms. The minimum atomic E-state index is -0.285. The molecule has 1 nitrogen and oxygen atoms in total. The molecule has 0 aromatic heterocycles. The Morgan fingerprint density at radius 1 is 1.33 bits per heavy atom. The van der Waals surface area contributed by atoms with E-state index < -0.39 is 0 Å². The van der Waals surface area contributed by atoms with Gasteiger partial charge in [-0.2, -0.15) is 12.6 Å². The Hall–Kier alpha value is -0.470. The zero-order chi connectivity index (χ0) is 8.97. The van der Waals surface area contributed by atoms with Crippen molar-refractivity contribution in [3.8, 4) is 0 Å². The predicted molar refractivity (Wildman–Crippen MR) is 54.5 cm³/mol. The topological polar surface area (TPSA) is 20.2 Å². The fraction of sp³-hybridized carbons (Fsp3) is 0.400. The van der Waals surface area contributed by atoms with Crippen molar-refractivity contribution in [2.45, 2.75) is 24.7 Å². The number of aliphatic hydroxyl groups is 1. The lowest BCUT2D eigenvalue weighted by Gasteiger charge is -2.12.